The number of esters is 1. The number of nitrogens with zero attached hydrogens (tertiary/aromatic N) is 1. The molecule has 16 heavy (non-hydrogen) atoms. The standard InChI is InChI=1S/C10H14N2O3S/c1-10(2,3)15-9(13)7-4-6(5-16-7)8(11)12-14/h4-5,14H,1-3H3,(H2,11,12). The summed E-state index contributed by atoms with van der Waals surface area (Å²) in [5.41, 5.74) is 5.37. The fourth-order valence-corrected chi connectivity index (χ4v) is 1.74. The van der Waals surface area contributed by atoms with Gasteiger partial charge in [-0.25, -0.2) is 4.79 Å². The number of carbonyl (C=O) groups excluding carboxylic acids is 1. The monoisotopic (exact) mass is 242 g/mol. The third-order valence-electron chi connectivity index (χ3n) is 1.60. The van der Waals surface area contributed by atoms with Gasteiger partial charge in [-0.2, -0.15) is 0 Å². The molecule has 0 unspecified atom stereocenters. The largest absolute Gasteiger partial charge is 0.456 e. The highest BCUT2D eigenvalue weighted by molar-refractivity contribution is 7.12. The molecule has 0 fully saturated rings. The van der Waals surface area contributed by atoms with E-state index in [2.05, 4.69) is 5.16 Å². The van der Waals surface area contributed by atoms with Gasteiger partial charge in [0.05, 0.1) is 0 Å². The molecule has 88 valence electrons. The number of oxime groups is 1. The van der Waals surface area contributed by atoms with Crippen LogP contribution in [0.2, 0.25) is 0 Å². The average Bonchev–Trinajstić information content (AvgIpc) is 2.62. The van der Waals surface area contributed by atoms with E-state index in [1.807, 2.05) is 0 Å². The van der Waals surface area contributed by atoms with Crippen LogP contribution in [0.3, 0.4) is 0 Å². The number of ether oxygens (including phenoxy) is 1. The van der Waals surface area contributed by atoms with Crippen molar-refractivity contribution in [1.82, 2.24) is 0 Å². The van der Waals surface area contributed by atoms with Gasteiger partial charge < -0.3 is 15.7 Å². The predicted molar refractivity (Wildman–Crippen MR) is 62.0 cm³/mol. The van der Waals surface area contributed by atoms with Crippen LogP contribution in [0.15, 0.2) is 16.6 Å². The Morgan fingerprint density at radius 1 is 1.56 bits per heavy atom. The van der Waals surface area contributed by atoms with E-state index >= 15 is 0 Å². The van der Waals surface area contributed by atoms with Gasteiger partial charge in [-0.05, 0) is 26.8 Å². The number of hydrogen-bond acceptors (Lipinski definition) is 5. The lowest BCUT2D eigenvalue weighted by atomic mass is 10.2. The maximum Gasteiger partial charge on any atom is 0.348 e. The van der Waals surface area contributed by atoms with Gasteiger partial charge in [-0.3, -0.25) is 0 Å². The van der Waals surface area contributed by atoms with Crippen molar-refractivity contribution in [2.24, 2.45) is 10.9 Å². The molecule has 1 rings (SSSR count). The number of thiophene rings is 1. The third-order valence-corrected chi connectivity index (χ3v) is 2.51. The molecular formula is C10H14N2O3S. The SMILES string of the molecule is CC(C)(C)OC(=O)c1cc(C(N)=NO)cs1. The highest BCUT2D eigenvalue weighted by atomic mass is 32.1. The summed E-state index contributed by atoms with van der Waals surface area (Å²) in [6, 6.07) is 1.54. The summed E-state index contributed by atoms with van der Waals surface area (Å²) >= 11 is 1.20. The van der Waals surface area contributed by atoms with Gasteiger partial charge in [0, 0.05) is 10.9 Å². The average molecular weight is 242 g/mol. The number of hydrogen-bond donors (Lipinski definition) is 2. The summed E-state index contributed by atoms with van der Waals surface area (Å²) in [6.07, 6.45) is 0. The third kappa shape index (κ3) is 3.23. The van der Waals surface area contributed by atoms with E-state index in [1.165, 1.54) is 17.4 Å². The minimum Gasteiger partial charge on any atom is -0.456 e. The molecule has 0 saturated carbocycles. The Morgan fingerprint density at radius 2 is 2.19 bits per heavy atom. The molecule has 3 N–H and O–H groups in total. The Bertz CT molecular complexity index is 418. The summed E-state index contributed by atoms with van der Waals surface area (Å²) in [5, 5.41) is 13.0. The first-order chi connectivity index (χ1) is 7.33. The van der Waals surface area contributed by atoms with Crippen LogP contribution in [0.25, 0.3) is 0 Å². The van der Waals surface area contributed by atoms with Gasteiger partial charge in [0.15, 0.2) is 5.84 Å². The number of carbonyl (C=O) groups is 1. The minimum absolute atomic E-state index is 0.0222. The van der Waals surface area contributed by atoms with Crippen molar-refractivity contribution in [1.29, 1.82) is 0 Å². The Hall–Kier alpha value is -1.56. The second-order valence-electron chi connectivity index (χ2n) is 4.19. The lowest BCUT2D eigenvalue weighted by Crippen LogP contribution is -2.23. The molecule has 0 atom stereocenters. The van der Waals surface area contributed by atoms with Gasteiger partial charge >= 0.3 is 5.97 Å². The van der Waals surface area contributed by atoms with Gasteiger partial charge in [0.2, 0.25) is 0 Å². The zero-order chi connectivity index (χ0) is 12.3. The molecular weight excluding hydrogens is 228 g/mol. The van der Waals surface area contributed by atoms with E-state index in [9.17, 15) is 4.79 Å². The molecule has 0 radical (unpaired) electrons. The smallest absolute Gasteiger partial charge is 0.348 e. The lowest BCUT2D eigenvalue weighted by molar-refractivity contribution is 0.00752. The highest BCUT2D eigenvalue weighted by Gasteiger charge is 2.19. The molecule has 0 aliphatic carbocycles. The molecule has 0 saturated heterocycles. The van der Waals surface area contributed by atoms with Crippen molar-refractivity contribution in [2.45, 2.75) is 26.4 Å². The van der Waals surface area contributed by atoms with Crippen LogP contribution in [-0.4, -0.2) is 22.6 Å². The molecule has 6 heteroatoms. The van der Waals surface area contributed by atoms with E-state index in [1.54, 1.807) is 26.2 Å². The summed E-state index contributed by atoms with van der Waals surface area (Å²) < 4.78 is 5.18. The first-order valence-corrected chi connectivity index (χ1v) is 5.51. The van der Waals surface area contributed by atoms with Gasteiger partial charge in [0.25, 0.3) is 0 Å². The van der Waals surface area contributed by atoms with Crippen molar-refractivity contribution in [2.75, 3.05) is 0 Å². The van der Waals surface area contributed by atoms with E-state index in [0.29, 0.717) is 10.4 Å². The van der Waals surface area contributed by atoms with Crippen molar-refractivity contribution < 1.29 is 14.7 Å². The first-order valence-electron chi connectivity index (χ1n) is 4.63. The van der Waals surface area contributed by atoms with Gasteiger partial charge in [0.1, 0.15) is 10.5 Å². The molecule has 0 aliphatic rings. The Balaban J connectivity index is 2.83. The van der Waals surface area contributed by atoms with E-state index in [0.717, 1.165) is 0 Å². The zero-order valence-corrected chi connectivity index (χ0v) is 10.2. The molecule has 5 nitrogen and oxygen atoms in total. The van der Waals surface area contributed by atoms with Crippen molar-refractivity contribution in [3.63, 3.8) is 0 Å². The molecule has 0 bridgehead atoms. The molecule has 1 heterocycles. The maximum absolute atomic E-state index is 11.6. The Morgan fingerprint density at radius 3 is 2.69 bits per heavy atom. The van der Waals surface area contributed by atoms with Crippen LogP contribution in [0.4, 0.5) is 0 Å². The fourth-order valence-electron chi connectivity index (χ4n) is 0.964. The van der Waals surface area contributed by atoms with Gasteiger partial charge in [-0.1, -0.05) is 5.16 Å². The van der Waals surface area contributed by atoms with Crippen LogP contribution < -0.4 is 5.73 Å². The van der Waals surface area contributed by atoms with Crippen molar-refractivity contribution in [3.05, 3.63) is 21.9 Å². The maximum atomic E-state index is 11.6. The second-order valence-corrected chi connectivity index (χ2v) is 5.10. The van der Waals surface area contributed by atoms with E-state index in [4.69, 9.17) is 15.7 Å². The van der Waals surface area contributed by atoms with Crippen LogP contribution >= 0.6 is 11.3 Å². The van der Waals surface area contributed by atoms with E-state index in [-0.39, 0.29) is 5.84 Å². The summed E-state index contributed by atoms with van der Waals surface area (Å²) in [4.78, 5) is 12.1. The van der Waals surface area contributed by atoms with Crippen molar-refractivity contribution in [3.8, 4) is 0 Å². The van der Waals surface area contributed by atoms with E-state index < -0.39 is 11.6 Å². The van der Waals surface area contributed by atoms with Crippen molar-refractivity contribution >= 4 is 23.1 Å². The summed E-state index contributed by atoms with van der Waals surface area (Å²) in [6.45, 7) is 5.38. The zero-order valence-electron chi connectivity index (χ0n) is 9.35. The molecule has 1 aromatic rings. The first kappa shape index (κ1) is 12.5. The Labute approximate surface area is 97.5 Å². The number of nitrogens with two attached hydrogens (primary N) is 1. The van der Waals surface area contributed by atoms with Crippen LogP contribution in [0.5, 0.6) is 0 Å². The lowest BCUT2D eigenvalue weighted by Gasteiger charge is -2.18. The molecule has 1 aromatic heterocycles. The van der Waals surface area contributed by atoms with Gasteiger partial charge in [-0.15, -0.1) is 11.3 Å². The summed E-state index contributed by atoms with van der Waals surface area (Å²) in [5.74, 6) is -0.430. The topological polar surface area (TPSA) is 84.9 Å². The normalized spacial score (nSPS) is 12.6. The Kier molecular flexibility index (Phi) is 3.54. The second kappa shape index (κ2) is 4.52. The molecule has 0 aromatic carbocycles. The molecule has 0 aliphatic heterocycles. The summed E-state index contributed by atoms with van der Waals surface area (Å²) in [7, 11) is 0. The fraction of sp³-hybridized carbons (Fsp3) is 0.400. The highest BCUT2D eigenvalue weighted by Crippen LogP contribution is 2.18. The quantitative estimate of drug-likeness (QED) is 0.272. The van der Waals surface area contributed by atoms with Crippen LogP contribution in [0.1, 0.15) is 36.0 Å². The number of amidine groups is 1. The minimum atomic E-state index is -0.530. The molecule has 0 spiro atoms. The predicted octanol–water partition coefficient (Wildman–Crippen LogP) is 1.80. The molecule has 0 amide bonds. The number of rotatable bonds is 2. The van der Waals surface area contributed by atoms with Crippen LogP contribution in [-0.2, 0) is 4.74 Å². The van der Waals surface area contributed by atoms with Crippen LogP contribution in [0, 0.1) is 0 Å².